The third kappa shape index (κ3) is 4.65. The largest absolute Gasteiger partial charge is 0.358 e. The van der Waals surface area contributed by atoms with Gasteiger partial charge in [0, 0.05) is 39.0 Å². The number of ether oxygens (including phenoxy) is 1. The van der Waals surface area contributed by atoms with Crippen LogP contribution in [-0.4, -0.2) is 64.6 Å². The SMILES string of the molecule is Cc1ccc(S(=O)(=O)N2CCOC23CCN(CC2CC2)CC3)cc1.O=S=O. The van der Waals surface area contributed by atoms with Gasteiger partial charge in [-0.1, -0.05) is 17.7 Å². The number of hydrogen-bond acceptors (Lipinski definition) is 6. The van der Waals surface area contributed by atoms with Gasteiger partial charge in [0.05, 0.1) is 11.5 Å². The summed E-state index contributed by atoms with van der Waals surface area (Å²) in [5, 5.41) is 0. The summed E-state index contributed by atoms with van der Waals surface area (Å²) in [7, 11) is -3.50. The highest BCUT2D eigenvalue weighted by molar-refractivity contribution is 7.89. The van der Waals surface area contributed by atoms with Crippen molar-refractivity contribution in [3.8, 4) is 0 Å². The summed E-state index contributed by atoms with van der Waals surface area (Å²) in [5.41, 5.74) is 0.429. The Hall–Kier alpha value is -1.13. The molecule has 0 atom stereocenters. The Morgan fingerprint density at radius 1 is 1.11 bits per heavy atom. The zero-order chi connectivity index (χ0) is 19.5. The van der Waals surface area contributed by atoms with Crippen molar-refractivity contribution >= 4 is 21.6 Å². The van der Waals surface area contributed by atoms with E-state index >= 15 is 0 Å². The van der Waals surface area contributed by atoms with E-state index in [0.29, 0.717) is 18.0 Å². The molecule has 3 fully saturated rings. The van der Waals surface area contributed by atoms with E-state index in [4.69, 9.17) is 13.2 Å². The van der Waals surface area contributed by atoms with Crippen LogP contribution in [0.25, 0.3) is 0 Å². The highest BCUT2D eigenvalue weighted by Crippen LogP contribution is 2.39. The van der Waals surface area contributed by atoms with Crippen molar-refractivity contribution in [2.24, 2.45) is 5.92 Å². The van der Waals surface area contributed by atoms with E-state index in [-0.39, 0.29) is 0 Å². The molecule has 1 aromatic carbocycles. The van der Waals surface area contributed by atoms with Gasteiger partial charge in [-0.3, -0.25) is 0 Å². The minimum atomic E-state index is -3.50. The maximum Gasteiger partial charge on any atom is 0.335 e. The van der Waals surface area contributed by atoms with Gasteiger partial charge in [0.15, 0.2) is 0 Å². The van der Waals surface area contributed by atoms with Gasteiger partial charge in [-0.2, -0.15) is 12.7 Å². The molecule has 7 nitrogen and oxygen atoms in total. The van der Waals surface area contributed by atoms with E-state index in [2.05, 4.69) is 4.90 Å². The van der Waals surface area contributed by atoms with Crippen LogP contribution in [0.2, 0.25) is 0 Å². The van der Waals surface area contributed by atoms with Crippen LogP contribution in [0.15, 0.2) is 29.2 Å². The molecule has 0 unspecified atom stereocenters. The molecule has 2 aliphatic heterocycles. The normalized spacial score (nSPS) is 23.0. The average molecular weight is 415 g/mol. The molecule has 0 aromatic heterocycles. The summed E-state index contributed by atoms with van der Waals surface area (Å²) in [6.45, 7) is 5.94. The molecule has 27 heavy (non-hydrogen) atoms. The molecule has 9 heteroatoms. The molecule has 1 aliphatic carbocycles. The molecule has 2 saturated heterocycles. The summed E-state index contributed by atoms with van der Waals surface area (Å²) < 4.78 is 50.5. The van der Waals surface area contributed by atoms with Crippen LogP contribution < -0.4 is 0 Å². The fraction of sp³-hybridized carbons (Fsp3) is 0.667. The highest BCUT2D eigenvalue weighted by Gasteiger charge is 2.50. The second-order valence-corrected chi connectivity index (χ2v) is 9.50. The molecular formula is C18H26N2O5S2. The number of aryl methyl sites for hydroxylation is 1. The first-order valence-electron chi connectivity index (χ1n) is 9.29. The van der Waals surface area contributed by atoms with E-state index in [1.165, 1.54) is 19.4 Å². The number of piperidine rings is 1. The van der Waals surface area contributed by atoms with E-state index < -0.39 is 27.3 Å². The molecule has 0 radical (unpaired) electrons. The first-order chi connectivity index (χ1) is 12.9. The number of benzene rings is 1. The van der Waals surface area contributed by atoms with Crippen LogP contribution in [0.4, 0.5) is 0 Å². The van der Waals surface area contributed by atoms with Crippen molar-refractivity contribution in [2.75, 3.05) is 32.8 Å². The standard InChI is InChI=1S/C18H26N2O3S.O2S/c1-15-2-6-17(7-3-15)24(21,22)20-12-13-23-18(20)8-10-19(11-9-18)14-16-4-5-16;1-3-2/h2-3,6-7,16H,4-5,8-14H2,1H3;. The highest BCUT2D eigenvalue weighted by atomic mass is 32.2. The molecule has 0 N–H and O–H groups in total. The number of nitrogens with zero attached hydrogens (tertiary/aromatic N) is 2. The van der Waals surface area contributed by atoms with Gasteiger partial charge < -0.3 is 9.64 Å². The van der Waals surface area contributed by atoms with Gasteiger partial charge in [-0.25, -0.2) is 8.42 Å². The van der Waals surface area contributed by atoms with Crippen molar-refractivity contribution in [3.63, 3.8) is 0 Å². The van der Waals surface area contributed by atoms with Crippen LogP contribution in [0.5, 0.6) is 0 Å². The topological polar surface area (TPSA) is 84.0 Å². The van der Waals surface area contributed by atoms with Crippen LogP contribution in [0.3, 0.4) is 0 Å². The summed E-state index contributed by atoms with van der Waals surface area (Å²) >= 11 is -0.750. The Labute approximate surface area is 164 Å². The maximum absolute atomic E-state index is 13.1. The number of likely N-dealkylation sites (tertiary alicyclic amines) is 1. The molecular weight excluding hydrogens is 388 g/mol. The van der Waals surface area contributed by atoms with Crippen molar-refractivity contribution < 1.29 is 21.6 Å². The Morgan fingerprint density at radius 2 is 1.70 bits per heavy atom. The monoisotopic (exact) mass is 414 g/mol. The van der Waals surface area contributed by atoms with Gasteiger partial charge in [-0.15, -0.1) is 0 Å². The second kappa shape index (κ2) is 8.48. The quantitative estimate of drug-likeness (QED) is 0.743. The first-order valence-corrected chi connectivity index (χ1v) is 11.4. The molecule has 4 rings (SSSR count). The van der Waals surface area contributed by atoms with Crippen LogP contribution >= 0.6 is 0 Å². The molecule has 1 spiro atoms. The Balaban J connectivity index is 0.000000659. The molecule has 0 bridgehead atoms. The summed E-state index contributed by atoms with van der Waals surface area (Å²) in [4.78, 5) is 2.85. The van der Waals surface area contributed by atoms with E-state index in [1.54, 1.807) is 16.4 Å². The molecule has 3 aliphatic rings. The fourth-order valence-electron chi connectivity index (χ4n) is 3.92. The minimum absolute atomic E-state index is 0.374. The zero-order valence-corrected chi connectivity index (χ0v) is 17.1. The van der Waals surface area contributed by atoms with E-state index in [1.807, 2.05) is 19.1 Å². The predicted octanol–water partition coefficient (Wildman–Crippen LogP) is 1.55. The Morgan fingerprint density at radius 3 is 2.26 bits per heavy atom. The molecule has 0 amide bonds. The van der Waals surface area contributed by atoms with Crippen molar-refractivity contribution in [2.45, 2.75) is 43.2 Å². The Bertz CT molecular complexity index is 778. The van der Waals surface area contributed by atoms with Gasteiger partial charge in [0.25, 0.3) is 0 Å². The van der Waals surface area contributed by atoms with Gasteiger partial charge in [-0.05, 0) is 37.8 Å². The van der Waals surface area contributed by atoms with Gasteiger partial charge in [0.1, 0.15) is 5.72 Å². The van der Waals surface area contributed by atoms with Crippen LogP contribution in [0.1, 0.15) is 31.2 Å². The van der Waals surface area contributed by atoms with Gasteiger partial charge >= 0.3 is 11.6 Å². The molecule has 2 heterocycles. The minimum Gasteiger partial charge on any atom is -0.358 e. The smallest absolute Gasteiger partial charge is 0.335 e. The van der Waals surface area contributed by atoms with Crippen molar-refractivity contribution in [3.05, 3.63) is 29.8 Å². The number of sulfonamides is 1. The van der Waals surface area contributed by atoms with Crippen molar-refractivity contribution in [1.82, 2.24) is 9.21 Å². The summed E-state index contributed by atoms with van der Waals surface area (Å²) in [5.74, 6) is 0.871. The lowest BCUT2D eigenvalue weighted by atomic mass is 10.0. The lowest BCUT2D eigenvalue weighted by Crippen LogP contribution is -2.55. The Kier molecular flexibility index (Phi) is 6.47. The van der Waals surface area contributed by atoms with Crippen LogP contribution in [0, 0.1) is 12.8 Å². The lowest BCUT2D eigenvalue weighted by Gasteiger charge is -2.43. The lowest BCUT2D eigenvalue weighted by molar-refractivity contribution is -0.0910. The molecule has 1 saturated carbocycles. The maximum atomic E-state index is 13.1. The number of hydrogen-bond donors (Lipinski definition) is 0. The third-order valence-electron chi connectivity index (χ3n) is 5.58. The summed E-state index contributed by atoms with van der Waals surface area (Å²) in [6, 6.07) is 7.13. The number of rotatable bonds is 4. The average Bonchev–Trinajstić information content (AvgIpc) is 3.36. The van der Waals surface area contributed by atoms with E-state index in [0.717, 1.165) is 37.4 Å². The van der Waals surface area contributed by atoms with Crippen LogP contribution in [-0.2, 0) is 26.3 Å². The predicted molar refractivity (Wildman–Crippen MR) is 101 cm³/mol. The fourth-order valence-corrected chi connectivity index (χ4v) is 5.64. The summed E-state index contributed by atoms with van der Waals surface area (Å²) in [6.07, 6.45) is 4.24. The first kappa shape index (κ1) is 20.6. The zero-order valence-electron chi connectivity index (χ0n) is 15.5. The van der Waals surface area contributed by atoms with Crippen molar-refractivity contribution in [1.29, 1.82) is 0 Å². The van der Waals surface area contributed by atoms with Gasteiger partial charge in [0.2, 0.25) is 10.0 Å². The third-order valence-corrected chi connectivity index (χ3v) is 7.54. The molecule has 150 valence electrons. The molecule has 1 aromatic rings. The van der Waals surface area contributed by atoms with E-state index in [9.17, 15) is 8.42 Å². The second-order valence-electron chi connectivity index (χ2n) is 7.50.